The minimum atomic E-state index is -0.173. The van der Waals surface area contributed by atoms with Crippen molar-refractivity contribution in [3.8, 4) is 0 Å². The van der Waals surface area contributed by atoms with Crippen LogP contribution in [0.1, 0.15) is 32.8 Å². The maximum absolute atomic E-state index is 13.1. The summed E-state index contributed by atoms with van der Waals surface area (Å²) >= 11 is 7.58. The van der Waals surface area contributed by atoms with E-state index in [4.69, 9.17) is 16.4 Å². The molecule has 148 valence electrons. The van der Waals surface area contributed by atoms with Gasteiger partial charge < -0.3 is 9.74 Å². The summed E-state index contributed by atoms with van der Waals surface area (Å²) in [6.45, 7) is 3.00. The van der Waals surface area contributed by atoms with Gasteiger partial charge in [0.2, 0.25) is 0 Å². The van der Waals surface area contributed by atoms with Crippen LogP contribution in [-0.2, 0) is 11.4 Å². The van der Waals surface area contributed by atoms with Crippen LogP contribution in [0.4, 0.5) is 0 Å². The number of oxime groups is 1. The molecule has 4 nitrogen and oxygen atoms in total. The Morgan fingerprint density at radius 1 is 1.21 bits per heavy atom. The van der Waals surface area contributed by atoms with Gasteiger partial charge in [0.1, 0.15) is 0 Å². The van der Waals surface area contributed by atoms with E-state index in [-0.39, 0.29) is 12.0 Å². The Labute approximate surface area is 179 Å². The molecule has 0 saturated carbocycles. The van der Waals surface area contributed by atoms with Gasteiger partial charge in [-0.05, 0) is 41.6 Å². The summed E-state index contributed by atoms with van der Waals surface area (Å²) in [5, 5.41) is 6.88. The lowest BCUT2D eigenvalue weighted by Crippen LogP contribution is -2.37. The zero-order valence-corrected chi connectivity index (χ0v) is 17.6. The summed E-state index contributed by atoms with van der Waals surface area (Å²) in [5.41, 5.74) is 4.18. The lowest BCUT2D eigenvalue weighted by atomic mass is 10.00. The predicted octanol–water partition coefficient (Wildman–Crippen LogP) is 5.55. The van der Waals surface area contributed by atoms with E-state index in [1.165, 1.54) is 16.9 Å². The lowest BCUT2D eigenvalue weighted by molar-refractivity contribution is 0.0408. The van der Waals surface area contributed by atoms with Gasteiger partial charge in [-0.1, -0.05) is 59.2 Å². The van der Waals surface area contributed by atoms with E-state index in [9.17, 15) is 4.79 Å². The fourth-order valence-electron chi connectivity index (χ4n) is 3.46. The zero-order valence-electron chi connectivity index (χ0n) is 16.0. The second-order valence-electron chi connectivity index (χ2n) is 7.08. The summed E-state index contributed by atoms with van der Waals surface area (Å²) in [4.78, 5) is 21.3. The third-order valence-electron chi connectivity index (χ3n) is 4.89. The van der Waals surface area contributed by atoms with Crippen LogP contribution >= 0.6 is 22.9 Å². The SMILES string of the molecule is Cc1ccccc1C1=NOC(CN(Cc2cccc(Cl)c2)C(=O)c2cccs2)C1. The van der Waals surface area contributed by atoms with Gasteiger partial charge in [-0.25, -0.2) is 0 Å². The van der Waals surface area contributed by atoms with Gasteiger partial charge in [-0.3, -0.25) is 4.79 Å². The van der Waals surface area contributed by atoms with Crippen molar-refractivity contribution in [2.24, 2.45) is 5.16 Å². The van der Waals surface area contributed by atoms with E-state index < -0.39 is 0 Å². The molecule has 0 spiro atoms. The number of nitrogens with zero attached hydrogens (tertiary/aromatic N) is 2. The van der Waals surface area contributed by atoms with Crippen LogP contribution in [0.2, 0.25) is 5.02 Å². The van der Waals surface area contributed by atoms with Crippen molar-refractivity contribution in [3.05, 3.63) is 92.6 Å². The third kappa shape index (κ3) is 4.69. The molecule has 0 fully saturated rings. The molecular formula is C23H21ClN2O2S. The monoisotopic (exact) mass is 424 g/mol. The fraction of sp³-hybridized carbons (Fsp3) is 0.217. The van der Waals surface area contributed by atoms with Crippen LogP contribution in [0.3, 0.4) is 0 Å². The highest BCUT2D eigenvalue weighted by atomic mass is 35.5. The lowest BCUT2D eigenvalue weighted by Gasteiger charge is -2.24. The molecule has 6 heteroatoms. The quantitative estimate of drug-likeness (QED) is 0.520. The van der Waals surface area contributed by atoms with Crippen LogP contribution in [0.15, 0.2) is 71.2 Å². The van der Waals surface area contributed by atoms with E-state index in [0.717, 1.165) is 16.8 Å². The van der Waals surface area contributed by atoms with Crippen LogP contribution < -0.4 is 0 Å². The van der Waals surface area contributed by atoms with Gasteiger partial charge in [-0.2, -0.15) is 0 Å². The topological polar surface area (TPSA) is 41.9 Å². The molecule has 29 heavy (non-hydrogen) atoms. The summed E-state index contributed by atoms with van der Waals surface area (Å²) in [7, 11) is 0. The number of carbonyl (C=O) groups is 1. The number of halogens is 1. The summed E-state index contributed by atoms with van der Waals surface area (Å²) < 4.78 is 0. The minimum absolute atomic E-state index is 0.00656. The molecular weight excluding hydrogens is 404 g/mol. The Morgan fingerprint density at radius 3 is 2.83 bits per heavy atom. The molecule has 1 aliphatic rings. The van der Waals surface area contributed by atoms with E-state index in [1.54, 1.807) is 0 Å². The van der Waals surface area contributed by atoms with E-state index >= 15 is 0 Å². The first-order chi connectivity index (χ1) is 14.1. The molecule has 1 atom stereocenters. The van der Waals surface area contributed by atoms with Crippen molar-refractivity contribution in [2.75, 3.05) is 6.54 Å². The maximum Gasteiger partial charge on any atom is 0.264 e. The van der Waals surface area contributed by atoms with E-state index in [0.29, 0.717) is 29.4 Å². The van der Waals surface area contributed by atoms with Gasteiger partial charge in [0.05, 0.1) is 17.1 Å². The predicted molar refractivity (Wildman–Crippen MR) is 118 cm³/mol. The Morgan fingerprint density at radius 2 is 2.07 bits per heavy atom. The summed E-state index contributed by atoms with van der Waals surface area (Å²) in [6.07, 6.45) is 0.502. The number of amides is 1. The van der Waals surface area contributed by atoms with Gasteiger partial charge in [0.15, 0.2) is 6.10 Å². The average Bonchev–Trinajstić information content (AvgIpc) is 3.40. The van der Waals surface area contributed by atoms with Gasteiger partial charge in [-0.15, -0.1) is 11.3 Å². The second kappa shape index (κ2) is 8.80. The normalized spacial score (nSPS) is 15.7. The highest BCUT2D eigenvalue weighted by Crippen LogP contribution is 2.23. The van der Waals surface area contributed by atoms with Crippen molar-refractivity contribution >= 4 is 34.6 Å². The van der Waals surface area contributed by atoms with Crippen molar-refractivity contribution < 1.29 is 9.63 Å². The van der Waals surface area contributed by atoms with Crippen LogP contribution in [-0.4, -0.2) is 29.2 Å². The minimum Gasteiger partial charge on any atom is -0.390 e. The average molecular weight is 425 g/mol. The van der Waals surface area contributed by atoms with Crippen molar-refractivity contribution in [1.29, 1.82) is 0 Å². The molecule has 0 radical (unpaired) electrons. The molecule has 0 aliphatic carbocycles. The van der Waals surface area contributed by atoms with Gasteiger partial charge >= 0.3 is 0 Å². The van der Waals surface area contributed by atoms with Crippen molar-refractivity contribution in [3.63, 3.8) is 0 Å². The summed E-state index contributed by atoms with van der Waals surface area (Å²) in [5.74, 6) is -0.00656. The molecule has 0 N–H and O–H groups in total. The van der Waals surface area contributed by atoms with Gasteiger partial charge in [0.25, 0.3) is 5.91 Å². The highest BCUT2D eigenvalue weighted by molar-refractivity contribution is 7.12. The van der Waals surface area contributed by atoms with Crippen molar-refractivity contribution in [2.45, 2.75) is 26.0 Å². The highest BCUT2D eigenvalue weighted by Gasteiger charge is 2.28. The first kappa shape index (κ1) is 19.7. The first-order valence-corrected chi connectivity index (χ1v) is 10.7. The van der Waals surface area contributed by atoms with Crippen LogP contribution in [0, 0.1) is 6.92 Å². The maximum atomic E-state index is 13.1. The number of benzene rings is 2. The van der Waals surface area contributed by atoms with Crippen molar-refractivity contribution in [1.82, 2.24) is 4.90 Å². The van der Waals surface area contributed by atoms with Crippen LogP contribution in [0.25, 0.3) is 0 Å². The first-order valence-electron chi connectivity index (χ1n) is 9.46. The number of hydrogen-bond donors (Lipinski definition) is 0. The standard InChI is InChI=1S/C23H21ClN2O2S/c1-16-6-2-3-9-20(16)21-13-19(28-25-21)15-26(23(27)22-10-5-11-29-22)14-17-7-4-8-18(24)12-17/h2-12,19H,13-15H2,1H3. The Kier molecular flexibility index (Phi) is 5.97. The molecule has 4 rings (SSSR count). The molecule has 0 saturated heterocycles. The molecule has 1 unspecified atom stereocenters. The second-order valence-corrected chi connectivity index (χ2v) is 8.46. The van der Waals surface area contributed by atoms with E-state index in [1.807, 2.05) is 58.8 Å². The van der Waals surface area contributed by atoms with Gasteiger partial charge in [0, 0.05) is 23.6 Å². The molecule has 1 amide bonds. The molecule has 2 aromatic carbocycles. The molecule has 0 bridgehead atoms. The number of thiophene rings is 1. The number of hydrogen-bond acceptors (Lipinski definition) is 4. The number of carbonyl (C=O) groups excluding carboxylic acids is 1. The number of rotatable bonds is 6. The Hall–Kier alpha value is -2.63. The van der Waals surface area contributed by atoms with E-state index in [2.05, 4.69) is 24.2 Å². The van der Waals surface area contributed by atoms with Crippen LogP contribution in [0.5, 0.6) is 0 Å². The third-order valence-corrected chi connectivity index (χ3v) is 5.99. The molecule has 1 aromatic heterocycles. The number of aryl methyl sites for hydroxylation is 1. The largest absolute Gasteiger partial charge is 0.390 e. The Bertz CT molecular complexity index is 1030. The molecule has 1 aliphatic heterocycles. The Balaban J connectivity index is 1.50. The molecule has 3 aromatic rings. The molecule has 2 heterocycles. The smallest absolute Gasteiger partial charge is 0.264 e. The fourth-order valence-corrected chi connectivity index (χ4v) is 4.36. The summed E-state index contributed by atoms with van der Waals surface area (Å²) in [6, 6.07) is 19.5. The zero-order chi connectivity index (χ0) is 20.2.